The molecule has 1 aromatic carbocycles. The van der Waals surface area contributed by atoms with E-state index in [-0.39, 0.29) is 31.3 Å². The van der Waals surface area contributed by atoms with Crippen LogP contribution in [0.25, 0.3) is 0 Å². The van der Waals surface area contributed by atoms with Crippen molar-refractivity contribution in [3.8, 4) is 0 Å². The number of alkyl halides is 5. The van der Waals surface area contributed by atoms with Gasteiger partial charge in [0.2, 0.25) is 0 Å². The first-order chi connectivity index (χ1) is 17.5. The molecule has 0 radical (unpaired) electrons. The lowest BCUT2D eigenvalue weighted by molar-refractivity contribution is -0.884. The minimum absolute atomic E-state index is 0.0126. The molecule has 0 saturated heterocycles. The smallest absolute Gasteiger partial charge is 0.432 e. The average molecular weight is 588 g/mol. The molecule has 1 fully saturated rings. The molecule has 1 atom stereocenters. The summed E-state index contributed by atoms with van der Waals surface area (Å²) in [6, 6.07) is 10.6. The Morgan fingerprint density at radius 3 is 1.97 bits per heavy atom. The van der Waals surface area contributed by atoms with Gasteiger partial charge in [-0.3, -0.25) is 4.79 Å². The van der Waals surface area contributed by atoms with Gasteiger partial charge in [-0.2, -0.15) is 22.0 Å². The van der Waals surface area contributed by atoms with Gasteiger partial charge < -0.3 is 18.5 Å². The van der Waals surface area contributed by atoms with Crippen molar-refractivity contribution in [2.45, 2.75) is 69.2 Å². The maximum atomic E-state index is 13.4. The van der Waals surface area contributed by atoms with E-state index >= 15 is 0 Å². The number of rotatable bonds is 8. The number of ether oxygens (including phenoxy) is 2. The largest absolute Gasteiger partial charge is 0.743 e. The summed E-state index contributed by atoms with van der Waals surface area (Å²) in [6.07, 6.45) is -10.7. The van der Waals surface area contributed by atoms with Gasteiger partial charge in [0, 0.05) is 11.1 Å². The average Bonchev–Trinajstić information content (AvgIpc) is 2.75. The molecule has 0 heterocycles. The summed E-state index contributed by atoms with van der Waals surface area (Å²) in [7, 11) is -0.143. The molecule has 1 aliphatic rings. The zero-order chi connectivity index (χ0) is 30.4. The third kappa shape index (κ3) is 10.8. The topological polar surface area (TPSA) is 110 Å². The van der Waals surface area contributed by atoms with Gasteiger partial charge in [0.05, 0.1) is 27.1 Å². The molecule has 1 aromatic rings. The summed E-state index contributed by atoms with van der Waals surface area (Å²) < 4.78 is 107. The van der Waals surface area contributed by atoms with Crippen LogP contribution < -0.4 is 0 Å². The molecular formula is C25H34F5NO7S. The zero-order valence-electron chi connectivity index (χ0n) is 22.4. The summed E-state index contributed by atoms with van der Waals surface area (Å²) in [5.74, 6) is -3.70. The van der Waals surface area contributed by atoms with Gasteiger partial charge in [0.25, 0.3) is 6.10 Å². The molecule has 1 unspecified atom stereocenters. The van der Waals surface area contributed by atoms with Crippen LogP contribution in [-0.2, 0) is 35.7 Å². The maximum absolute atomic E-state index is 13.4. The maximum Gasteiger partial charge on any atom is 0.432 e. The highest BCUT2D eigenvalue weighted by atomic mass is 32.2. The van der Waals surface area contributed by atoms with E-state index in [2.05, 4.69) is 62.8 Å². The van der Waals surface area contributed by atoms with Crippen LogP contribution in [0.1, 0.15) is 45.1 Å². The van der Waals surface area contributed by atoms with E-state index in [1.54, 1.807) is 0 Å². The summed E-state index contributed by atoms with van der Waals surface area (Å²) in [5, 5.41) is -5.89. The van der Waals surface area contributed by atoms with Crippen molar-refractivity contribution >= 4 is 22.1 Å². The quantitative estimate of drug-likeness (QED) is 0.144. The van der Waals surface area contributed by atoms with Gasteiger partial charge in [-0.05, 0) is 39.5 Å². The molecule has 222 valence electrons. The van der Waals surface area contributed by atoms with Gasteiger partial charge in [-0.25, -0.2) is 13.2 Å². The first-order valence-corrected chi connectivity index (χ1v) is 13.2. The molecule has 8 nitrogen and oxygen atoms in total. The van der Waals surface area contributed by atoms with E-state index in [1.807, 2.05) is 0 Å². The predicted molar refractivity (Wildman–Crippen MR) is 130 cm³/mol. The molecule has 2 rings (SSSR count). The first-order valence-electron chi connectivity index (χ1n) is 11.8. The van der Waals surface area contributed by atoms with Gasteiger partial charge >= 0.3 is 23.4 Å². The predicted octanol–water partition coefficient (Wildman–Crippen LogP) is 4.56. The minimum atomic E-state index is -6.75. The lowest BCUT2D eigenvalue weighted by atomic mass is 9.79. The third-order valence-electron chi connectivity index (χ3n) is 5.73. The molecule has 0 aliphatic heterocycles. The van der Waals surface area contributed by atoms with E-state index in [1.165, 1.54) is 19.4 Å². The normalized spacial score (nSPS) is 21.2. The first kappa shape index (κ1) is 34.4. The van der Waals surface area contributed by atoms with Crippen LogP contribution in [0, 0.1) is 5.92 Å². The lowest BCUT2D eigenvalue weighted by Crippen LogP contribution is -2.53. The second-order valence-corrected chi connectivity index (χ2v) is 12.2. The van der Waals surface area contributed by atoms with E-state index in [4.69, 9.17) is 4.74 Å². The lowest BCUT2D eigenvalue weighted by Gasteiger charge is -2.37. The Morgan fingerprint density at radius 1 is 1.10 bits per heavy atom. The SMILES string of the molecule is C=C(C)C(=O)OC1(C)CCC(C(=O)OC(C(F)(F)F)C(F)(F)S(=O)(=O)[O-])CC1.C[N+](C)(C)Cc1ccccc1. The molecule has 14 heteroatoms. The highest BCUT2D eigenvalue weighted by molar-refractivity contribution is 7.86. The molecule has 1 aliphatic carbocycles. The van der Waals surface area contributed by atoms with Crippen molar-refractivity contribution in [2.75, 3.05) is 21.1 Å². The highest BCUT2D eigenvalue weighted by Gasteiger charge is 2.63. The Kier molecular flexibility index (Phi) is 11.2. The molecule has 1 saturated carbocycles. The Labute approximate surface area is 225 Å². The zero-order valence-corrected chi connectivity index (χ0v) is 23.2. The standard InChI is InChI=1S/C15H19F5O7S.C10H16N/c1-8(2)10(21)27-13(3)6-4-9(5-7-13)11(22)26-12(14(16,17)18)15(19,20)28(23,24)25;1-11(2,3)9-10-7-5-4-6-8-10/h9,12H,1,4-7H2,2-3H3,(H,23,24,25);4-8H,9H2,1-3H3/q;+1/p-1. The van der Waals surface area contributed by atoms with Crippen molar-refractivity contribution in [3.63, 3.8) is 0 Å². The fraction of sp³-hybridized carbons (Fsp3) is 0.600. The van der Waals surface area contributed by atoms with Gasteiger partial charge in [0.1, 0.15) is 12.1 Å². The molecule has 39 heavy (non-hydrogen) atoms. The van der Waals surface area contributed by atoms with Crippen molar-refractivity contribution in [1.82, 2.24) is 0 Å². The molecule has 0 spiro atoms. The van der Waals surface area contributed by atoms with Crippen molar-refractivity contribution in [3.05, 3.63) is 48.0 Å². The van der Waals surface area contributed by atoms with Crippen molar-refractivity contribution in [1.29, 1.82) is 0 Å². The number of benzene rings is 1. The Morgan fingerprint density at radius 2 is 1.59 bits per heavy atom. The summed E-state index contributed by atoms with van der Waals surface area (Å²) in [4.78, 5) is 23.5. The van der Waals surface area contributed by atoms with Crippen LogP contribution in [0.5, 0.6) is 0 Å². The Hall–Kier alpha value is -2.58. The van der Waals surface area contributed by atoms with Crippen LogP contribution in [0.4, 0.5) is 22.0 Å². The van der Waals surface area contributed by atoms with E-state index < -0.39 is 51.1 Å². The number of carbonyl (C=O) groups is 2. The number of nitrogens with zero attached hydrogens (tertiary/aromatic N) is 1. The molecule has 0 N–H and O–H groups in total. The number of hydrogen-bond acceptors (Lipinski definition) is 7. The van der Waals surface area contributed by atoms with Gasteiger partial charge in [-0.1, -0.05) is 36.9 Å². The Balaban J connectivity index is 0.000000573. The van der Waals surface area contributed by atoms with Crippen molar-refractivity contribution in [2.24, 2.45) is 5.92 Å². The number of carbonyl (C=O) groups excluding carboxylic acids is 2. The second kappa shape index (κ2) is 12.7. The van der Waals surface area contributed by atoms with Crippen LogP contribution >= 0.6 is 0 Å². The van der Waals surface area contributed by atoms with Gasteiger partial charge in [0.15, 0.2) is 10.1 Å². The fourth-order valence-electron chi connectivity index (χ4n) is 3.68. The summed E-state index contributed by atoms with van der Waals surface area (Å²) >= 11 is 0. The van der Waals surface area contributed by atoms with E-state index in [0.29, 0.717) is 0 Å². The van der Waals surface area contributed by atoms with E-state index in [9.17, 15) is 44.5 Å². The van der Waals surface area contributed by atoms with Crippen LogP contribution in [0.3, 0.4) is 0 Å². The highest BCUT2D eigenvalue weighted by Crippen LogP contribution is 2.40. The number of quaternary nitrogens is 1. The number of halogens is 5. The van der Waals surface area contributed by atoms with Crippen LogP contribution in [-0.4, -0.2) is 73.7 Å². The monoisotopic (exact) mass is 587 g/mol. The number of esters is 2. The van der Waals surface area contributed by atoms with E-state index in [0.717, 1.165) is 11.0 Å². The molecule has 0 aromatic heterocycles. The van der Waals surface area contributed by atoms with Crippen LogP contribution in [0.15, 0.2) is 42.5 Å². The minimum Gasteiger partial charge on any atom is -0.743 e. The summed E-state index contributed by atoms with van der Waals surface area (Å²) in [5.41, 5.74) is 0.468. The fourth-order valence-corrected chi connectivity index (χ4v) is 4.12. The third-order valence-corrected chi connectivity index (χ3v) is 6.61. The molecule has 0 bridgehead atoms. The van der Waals surface area contributed by atoms with Crippen LogP contribution in [0.2, 0.25) is 0 Å². The molecule has 0 amide bonds. The Bertz CT molecular complexity index is 1110. The number of hydrogen-bond donors (Lipinski definition) is 0. The van der Waals surface area contributed by atoms with Crippen molar-refractivity contribution < 1.29 is 58.5 Å². The second-order valence-electron chi connectivity index (χ2n) is 10.7. The summed E-state index contributed by atoms with van der Waals surface area (Å²) in [6.45, 7) is 7.41. The van der Waals surface area contributed by atoms with Gasteiger partial charge in [-0.15, -0.1) is 0 Å². The molecular weight excluding hydrogens is 553 g/mol.